The summed E-state index contributed by atoms with van der Waals surface area (Å²) in [7, 11) is 0. The van der Waals surface area contributed by atoms with Crippen LogP contribution >= 0.6 is 34.5 Å². The fourth-order valence-electron chi connectivity index (χ4n) is 2.60. The maximum absolute atomic E-state index is 11.7. The number of primary amides is 1. The summed E-state index contributed by atoms with van der Waals surface area (Å²) in [6.45, 7) is 4.25. The molecule has 1 amide bonds. The zero-order valence-corrected chi connectivity index (χ0v) is 17.1. The van der Waals surface area contributed by atoms with Gasteiger partial charge >= 0.3 is 0 Å². The number of amides is 1. The van der Waals surface area contributed by atoms with E-state index in [4.69, 9.17) is 40.4 Å². The maximum atomic E-state index is 11.7. The molecule has 2 atom stereocenters. The highest BCUT2D eigenvalue weighted by atomic mass is 35.5. The molecule has 7 nitrogen and oxygen atoms in total. The van der Waals surface area contributed by atoms with Crippen molar-refractivity contribution in [2.45, 2.75) is 30.1 Å². The number of carbonyl (C=O) groups is 1. The molecular formula is C17H20Cl2N6OS. The molecule has 1 aliphatic carbocycles. The zero-order valence-electron chi connectivity index (χ0n) is 14.8. The van der Waals surface area contributed by atoms with Gasteiger partial charge in [0.05, 0.1) is 27.5 Å². The van der Waals surface area contributed by atoms with Crippen LogP contribution in [0.25, 0.3) is 15.8 Å². The SMILES string of the molecule is CC(C)(CN)Nc1nc(C2=CC(Cl)C(Cl)C=C2)c2c(N)c(C(N)=O)sc2n1. The Balaban J connectivity index is 2.24. The monoisotopic (exact) mass is 426 g/mol. The number of hydrogen-bond donors (Lipinski definition) is 4. The van der Waals surface area contributed by atoms with Crippen LogP contribution in [0.15, 0.2) is 18.2 Å². The van der Waals surface area contributed by atoms with Gasteiger partial charge in [-0.1, -0.05) is 18.2 Å². The molecule has 3 rings (SSSR count). The average molecular weight is 427 g/mol. The van der Waals surface area contributed by atoms with Gasteiger partial charge in [0.25, 0.3) is 5.91 Å². The van der Waals surface area contributed by atoms with E-state index >= 15 is 0 Å². The molecule has 0 saturated heterocycles. The Morgan fingerprint density at radius 2 is 2.04 bits per heavy atom. The molecule has 10 heteroatoms. The molecule has 2 aromatic rings. The molecule has 0 spiro atoms. The van der Waals surface area contributed by atoms with Crippen molar-refractivity contribution >= 4 is 67.9 Å². The van der Waals surface area contributed by atoms with E-state index in [0.29, 0.717) is 28.4 Å². The predicted molar refractivity (Wildman–Crippen MR) is 114 cm³/mol. The first kappa shape index (κ1) is 19.9. The largest absolute Gasteiger partial charge is 0.397 e. The Hall–Kier alpha value is -1.87. The third kappa shape index (κ3) is 3.89. The Morgan fingerprint density at radius 1 is 1.33 bits per heavy atom. The highest BCUT2D eigenvalue weighted by molar-refractivity contribution is 7.21. The summed E-state index contributed by atoms with van der Waals surface area (Å²) in [6, 6.07) is 0. The minimum atomic E-state index is -0.609. The Labute approximate surface area is 170 Å². The van der Waals surface area contributed by atoms with Gasteiger partial charge in [-0.2, -0.15) is 0 Å². The molecule has 2 aromatic heterocycles. The minimum absolute atomic E-state index is 0.244. The van der Waals surface area contributed by atoms with Crippen LogP contribution in [0.2, 0.25) is 0 Å². The van der Waals surface area contributed by atoms with Crippen molar-refractivity contribution < 1.29 is 4.79 Å². The number of fused-ring (bicyclic) bond motifs is 1. The number of rotatable bonds is 5. The quantitative estimate of drug-likeness (QED) is 0.543. The molecule has 0 aliphatic heterocycles. The second-order valence-corrected chi connectivity index (χ2v) is 8.88. The summed E-state index contributed by atoms with van der Waals surface area (Å²) < 4.78 is 0. The summed E-state index contributed by atoms with van der Waals surface area (Å²) in [5, 5.41) is 3.06. The molecule has 144 valence electrons. The van der Waals surface area contributed by atoms with Gasteiger partial charge in [0, 0.05) is 12.1 Å². The van der Waals surface area contributed by atoms with E-state index in [9.17, 15) is 4.79 Å². The zero-order chi connectivity index (χ0) is 19.9. The predicted octanol–water partition coefficient (Wildman–Crippen LogP) is 2.69. The van der Waals surface area contributed by atoms with Crippen LogP contribution in [-0.4, -0.2) is 38.7 Å². The molecule has 27 heavy (non-hydrogen) atoms. The van der Waals surface area contributed by atoms with Gasteiger partial charge in [0.2, 0.25) is 5.95 Å². The lowest BCUT2D eigenvalue weighted by Gasteiger charge is -2.24. The van der Waals surface area contributed by atoms with Crippen LogP contribution in [0.5, 0.6) is 0 Å². The number of nitrogen functional groups attached to an aromatic ring is 1. The van der Waals surface area contributed by atoms with Gasteiger partial charge in [-0.05, 0) is 19.4 Å². The number of nitrogens with one attached hydrogen (secondary N) is 1. The highest BCUT2D eigenvalue weighted by Crippen LogP contribution is 2.39. The standard InChI is InChI=1S/C17H20Cl2N6OS/c1-17(2,6-20)25-16-23-12(7-3-4-8(18)9(19)5-7)10-11(21)13(14(22)26)27-15(10)24-16/h3-5,8-9H,6,20-21H2,1-2H3,(H2,22,26)(H,23,24,25). The topological polar surface area (TPSA) is 133 Å². The van der Waals surface area contributed by atoms with Crippen molar-refractivity contribution in [2.24, 2.45) is 11.5 Å². The van der Waals surface area contributed by atoms with Crippen molar-refractivity contribution in [1.82, 2.24) is 9.97 Å². The van der Waals surface area contributed by atoms with Gasteiger partial charge in [-0.15, -0.1) is 34.5 Å². The first-order chi connectivity index (χ1) is 12.6. The maximum Gasteiger partial charge on any atom is 0.260 e. The van der Waals surface area contributed by atoms with E-state index in [-0.39, 0.29) is 15.9 Å². The van der Waals surface area contributed by atoms with Gasteiger partial charge in [0.1, 0.15) is 9.71 Å². The summed E-state index contributed by atoms with van der Waals surface area (Å²) in [4.78, 5) is 21.7. The number of hydrogen-bond acceptors (Lipinski definition) is 7. The normalized spacial score (nSPS) is 20.0. The molecule has 7 N–H and O–H groups in total. The fraction of sp³-hybridized carbons (Fsp3) is 0.353. The lowest BCUT2D eigenvalue weighted by atomic mass is 10.0. The number of allylic oxidation sites excluding steroid dienone is 4. The van der Waals surface area contributed by atoms with E-state index in [1.54, 1.807) is 12.2 Å². The molecule has 2 heterocycles. The lowest BCUT2D eigenvalue weighted by molar-refractivity contribution is 0.100. The first-order valence-corrected chi connectivity index (χ1v) is 9.88. The van der Waals surface area contributed by atoms with Crippen LogP contribution in [0.3, 0.4) is 0 Å². The molecule has 0 fully saturated rings. The van der Waals surface area contributed by atoms with Crippen LogP contribution in [0, 0.1) is 0 Å². The van der Waals surface area contributed by atoms with Crippen molar-refractivity contribution in [2.75, 3.05) is 17.6 Å². The Kier molecular flexibility index (Phi) is 5.36. The molecule has 1 aliphatic rings. The van der Waals surface area contributed by atoms with E-state index in [0.717, 1.165) is 16.9 Å². The summed E-state index contributed by atoms with van der Waals surface area (Å²) >= 11 is 13.6. The second kappa shape index (κ2) is 7.27. The van der Waals surface area contributed by atoms with E-state index in [2.05, 4.69) is 15.3 Å². The van der Waals surface area contributed by atoms with Gasteiger partial charge < -0.3 is 22.5 Å². The van der Waals surface area contributed by atoms with Crippen molar-refractivity contribution in [3.8, 4) is 0 Å². The second-order valence-electron chi connectivity index (χ2n) is 6.87. The first-order valence-electron chi connectivity index (χ1n) is 8.19. The lowest BCUT2D eigenvalue weighted by Crippen LogP contribution is -2.39. The van der Waals surface area contributed by atoms with Crippen molar-refractivity contribution in [3.05, 3.63) is 28.8 Å². The average Bonchev–Trinajstić information content (AvgIpc) is 2.93. The number of aromatic nitrogens is 2. The van der Waals surface area contributed by atoms with Crippen molar-refractivity contribution in [3.63, 3.8) is 0 Å². The van der Waals surface area contributed by atoms with E-state index in [1.165, 1.54) is 0 Å². The number of nitrogens with zero attached hydrogens (tertiary/aromatic N) is 2. The van der Waals surface area contributed by atoms with E-state index in [1.807, 2.05) is 19.9 Å². The Morgan fingerprint density at radius 3 is 2.63 bits per heavy atom. The minimum Gasteiger partial charge on any atom is -0.397 e. The van der Waals surface area contributed by atoms with Gasteiger partial charge in [-0.3, -0.25) is 4.79 Å². The molecule has 0 aromatic carbocycles. The molecule has 2 unspecified atom stereocenters. The van der Waals surface area contributed by atoms with Crippen LogP contribution < -0.4 is 22.5 Å². The van der Waals surface area contributed by atoms with Crippen LogP contribution in [-0.2, 0) is 0 Å². The number of nitrogens with two attached hydrogens (primary N) is 3. The summed E-state index contributed by atoms with van der Waals surface area (Å²) in [5.74, 6) is -0.235. The van der Waals surface area contributed by atoms with Crippen LogP contribution in [0.1, 0.15) is 29.2 Å². The fourth-order valence-corrected chi connectivity index (χ4v) is 3.91. The molecule has 0 saturated carbocycles. The number of thiophene rings is 1. The third-order valence-electron chi connectivity index (χ3n) is 4.15. The van der Waals surface area contributed by atoms with Gasteiger partial charge in [0.15, 0.2) is 0 Å². The number of anilines is 2. The van der Waals surface area contributed by atoms with Crippen molar-refractivity contribution in [1.29, 1.82) is 0 Å². The number of carbonyl (C=O) groups excluding carboxylic acids is 1. The smallest absolute Gasteiger partial charge is 0.260 e. The van der Waals surface area contributed by atoms with E-state index < -0.39 is 16.8 Å². The Bertz CT molecular complexity index is 968. The number of halogens is 2. The molecular weight excluding hydrogens is 407 g/mol. The molecule has 0 bridgehead atoms. The summed E-state index contributed by atoms with van der Waals surface area (Å²) in [6.07, 6.45) is 5.42. The van der Waals surface area contributed by atoms with Crippen LogP contribution in [0.4, 0.5) is 11.6 Å². The third-order valence-corrected chi connectivity index (χ3v) is 6.21. The summed E-state index contributed by atoms with van der Waals surface area (Å²) in [5.41, 5.74) is 18.6. The molecule has 0 radical (unpaired) electrons. The highest BCUT2D eigenvalue weighted by Gasteiger charge is 2.25. The van der Waals surface area contributed by atoms with Gasteiger partial charge in [-0.25, -0.2) is 9.97 Å². The number of alkyl halides is 2.